The lowest BCUT2D eigenvalue weighted by molar-refractivity contribution is 0.454. The maximum absolute atomic E-state index is 5.50. The average Bonchev–Trinajstić information content (AvgIpc) is 2.59. The largest absolute Gasteiger partial charge is 0.388 e. The molecule has 0 saturated carbocycles. The van der Waals surface area contributed by atoms with Crippen LogP contribution in [0.3, 0.4) is 0 Å². The first kappa shape index (κ1) is 9.15. The van der Waals surface area contributed by atoms with Crippen LogP contribution in [0.4, 0.5) is 0 Å². The van der Waals surface area contributed by atoms with E-state index in [9.17, 15) is 0 Å². The van der Waals surface area contributed by atoms with Gasteiger partial charge in [0.15, 0.2) is 5.58 Å². The van der Waals surface area contributed by atoms with Crippen molar-refractivity contribution in [3.05, 3.63) is 29.5 Å². The van der Waals surface area contributed by atoms with Gasteiger partial charge < -0.3 is 10.3 Å². The van der Waals surface area contributed by atoms with E-state index in [1.54, 1.807) is 0 Å². The molecule has 0 aliphatic heterocycles. The Kier molecular flexibility index (Phi) is 2.21. The van der Waals surface area contributed by atoms with E-state index < -0.39 is 0 Å². The summed E-state index contributed by atoms with van der Waals surface area (Å²) in [5.74, 6) is 0. The van der Waals surface area contributed by atoms with Gasteiger partial charge in [-0.1, -0.05) is 30.4 Å². The molecule has 2 rings (SSSR count). The molecule has 14 heavy (non-hydrogen) atoms. The Morgan fingerprint density at radius 2 is 2.36 bits per heavy atom. The van der Waals surface area contributed by atoms with Gasteiger partial charge in [-0.05, 0) is 24.1 Å². The first-order chi connectivity index (χ1) is 6.72. The van der Waals surface area contributed by atoms with Crippen LogP contribution in [0.15, 0.2) is 22.7 Å². The molecule has 0 bridgehead atoms. The Labute approximate surface area is 86.9 Å². The summed E-state index contributed by atoms with van der Waals surface area (Å²) < 4.78 is 5.14. The van der Waals surface area contributed by atoms with Crippen LogP contribution >= 0.6 is 12.2 Å². The SMILES string of the molecule is CCc1ccc2c(C(N)=S)noc2c1. The summed E-state index contributed by atoms with van der Waals surface area (Å²) in [4.78, 5) is 0.271. The predicted molar refractivity (Wildman–Crippen MR) is 59.3 cm³/mol. The molecule has 2 N–H and O–H groups in total. The van der Waals surface area contributed by atoms with E-state index >= 15 is 0 Å². The molecule has 1 heterocycles. The summed E-state index contributed by atoms with van der Waals surface area (Å²) in [5.41, 5.74) is 8.03. The van der Waals surface area contributed by atoms with Crippen LogP contribution in [0.5, 0.6) is 0 Å². The normalized spacial score (nSPS) is 10.6. The minimum atomic E-state index is 0.271. The van der Waals surface area contributed by atoms with Gasteiger partial charge in [0.2, 0.25) is 0 Å². The molecule has 0 aliphatic rings. The monoisotopic (exact) mass is 206 g/mol. The zero-order valence-electron chi connectivity index (χ0n) is 7.78. The first-order valence-electron chi connectivity index (χ1n) is 4.40. The van der Waals surface area contributed by atoms with Crippen molar-refractivity contribution < 1.29 is 4.52 Å². The maximum Gasteiger partial charge on any atom is 0.167 e. The second kappa shape index (κ2) is 3.38. The highest BCUT2D eigenvalue weighted by atomic mass is 32.1. The molecule has 0 atom stereocenters. The zero-order chi connectivity index (χ0) is 10.1. The summed E-state index contributed by atoms with van der Waals surface area (Å²) in [6.45, 7) is 2.09. The molecular weight excluding hydrogens is 196 g/mol. The fraction of sp³-hybridized carbons (Fsp3) is 0.200. The smallest absolute Gasteiger partial charge is 0.167 e. The van der Waals surface area contributed by atoms with E-state index in [1.165, 1.54) is 5.56 Å². The van der Waals surface area contributed by atoms with E-state index in [0.29, 0.717) is 5.69 Å². The Morgan fingerprint density at radius 3 is 3.00 bits per heavy atom. The number of hydrogen-bond donors (Lipinski definition) is 1. The van der Waals surface area contributed by atoms with Gasteiger partial charge in [-0.2, -0.15) is 0 Å². The molecule has 0 spiro atoms. The average molecular weight is 206 g/mol. The Morgan fingerprint density at radius 1 is 1.57 bits per heavy atom. The van der Waals surface area contributed by atoms with Crippen LogP contribution in [-0.2, 0) is 6.42 Å². The van der Waals surface area contributed by atoms with Gasteiger partial charge in [-0.25, -0.2) is 0 Å². The van der Waals surface area contributed by atoms with Crippen LogP contribution in [0, 0.1) is 0 Å². The van der Waals surface area contributed by atoms with Crippen molar-refractivity contribution in [2.45, 2.75) is 13.3 Å². The molecular formula is C10H10N2OS. The third-order valence-corrected chi connectivity index (χ3v) is 2.37. The molecule has 0 unspecified atom stereocenters. The molecule has 1 aromatic heterocycles. The number of nitrogens with zero attached hydrogens (tertiary/aromatic N) is 1. The van der Waals surface area contributed by atoms with Gasteiger partial charge in [-0.3, -0.25) is 0 Å². The number of benzene rings is 1. The van der Waals surface area contributed by atoms with E-state index in [1.807, 2.05) is 18.2 Å². The van der Waals surface area contributed by atoms with E-state index in [0.717, 1.165) is 17.4 Å². The maximum atomic E-state index is 5.50. The molecule has 0 saturated heterocycles. The number of hydrogen-bond acceptors (Lipinski definition) is 3. The standard InChI is InChI=1S/C10H10N2OS/c1-2-6-3-4-7-8(5-6)13-12-9(7)10(11)14/h3-5H,2H2,1H3,(H2,11,14). The lowest BCUT2D eigenvalue weighted by Crippen LogP contribution is -2.09. The van der Waals surface area contributed by atoms with Crippen molar-refractivity contribution >= 4 is 28.2 Å². The van der Waals surface area contributed by atoms with E-state index in [-0.39, 0.29) is 4.99 Å². The number of rotatable bonds is 2. The molecule has 0 aliphatic carbocycles. The molecule has 4 heteroatoms. The minimum Gasteiger partial charge on any atom is -0.388 e. The number of aromatic nitrogens is 1. The minimum absolute atomic E-state index is 0.271. The lowest BCUT2D eigenvalue weighted by atomic mass is 10.1. The Bertz CT molecular complexity index is 490. The Hall–Kier alpha value is -1.42. The van der Waals surface area contributed by atoms with Gasteiger partial charge in [0, 0.05) is 0 Å². The number of fused-ring (bicyclic) bond motifs is 1. The third-order valence-electron chi connectivity index (χ3n) is 2.18. The number of aryl methyl sites for hydroxylation is 1. The van der Waals surface area contributed by atoms with Crippen molar-refractivity contribution in [3.8, 4) is 0 Å². The molecule has 1 aromatic carbocycles. The van der Waals surface area contributed by atoms with Crippen LogP contribution in [0.1, 0.15) is 18.2 Å². The van der Waals surface area contributed by atoms with Crippen LogP contribution in [0.2, 0.25) is 0 Å². The lowest BCUT2D eigenvalue weighted by Gasteiger charge is -1.94. The number of nitrogens with two attached hydrogens (primary N) is 1. The van der Waals surface area contributed by atoms with Crippen molar-refractivity contribution in [2.24, 2.45) is 5.73 Å². The van der Waals surface area contributed by atoms with Gasteiger partial charge >= 0.3 is 0 Å². The topological polar surface area (TPSA) is 52.0 Å². The second-order valence-electron chi connectivity index (χ2n) is 3.08. The quantitative estimate of drug-likeness (QED) is 0.764. The highest BCUT2D eigenvalue weighted by Crippen LogP contribution is 2.19. The molecule has 0 radical (unpaired) electrons. The summed E-state index contributed by atoms with van der Waals surface area (Å²) in [7, 11) is 0. The Balaban J connectivity index is 2.65. The predicted octanol–water partition coefficient (Wildman–Crippen LogP) is 2.02. The summed E-state index contributed by atoms with van der Waals surface area (Å²) in [5, 5.41) is 4.71. The third kappa shape index (κ3) is 1.37. The van der Waals surface area contributed by atoms with Gasteiger partial charge in [0.25, 0.3) is 0 Å². The highest BCUT2D eigenvalue weighted by molar-refractivity contribution is 7.80. The highest BCUT2D eigenvalue weighted by Gasteiger charge is 2.09. The van der Waals surface area contributed by atoms with Crippen molar-refractivity contribution in [1.29, 1.82) is 0 Å². The van der Waals surface area contributed by atoms with E-state index in [4.69, 9.17) is 22.5 Å². The van der Waals surface area contributed by atoms with Gasteiger partial charge in [0.1, 0.15) is 10.7 Å². The fourth-order valence-electron chi connectivity index (χ4n) is 1.38. The number of thiocarbonyl (C=S) groups is 1. The van der Waals surface area contributed by atoms with Crippen LogP contribution in [-0.4, -0.2) is 10.1 Å². The zero-order valence-corrected chi connectivity index (χ0v) is 8.60. The van der Waals surface area contributed by atoms with Crippen molar-refractivity contribution in [2.75, 3.05) is 0 Å². The van der Waals surface area contributed by atoms with Gasteiger partial charge in [0.05, 0.1) is 5.39 Å². The molecule has 3 nitrogen and oxygen atoms in total. The molecule has 0 fully saturated rings. The summed E-state index contributed by atoms with van der Waals surface area (Å²) in [6.07, 6.45) is 0.971. The molecule has 0 amide bonds. The first-order valence-corrected chi connectivity index (χ1v) is 4.81. The molecule has 72 valence electrons. The van der Waals surface area contributed by atoms with Crippen LogP contribution < -0.4 is 5.73 Å². The fourth-order valence-corrected chi connectivity index (χ4v) is 1.53. The van der Waals surface area contributed by atoms with Crippen molar-refractivity contribution in [1.82, 2.24) is 5.16 Å². The van der Waals surface area contributed by atoms with Crippen molar-refractivity contribution in [3.63, 3.8) is 0 Å². The second-order valence-corrected chi connectivity index (χ2v) is 3.52. The van der Waals surface area contributed by atoms with E-state index in [2.05, 4.69) is 12.1 Å². The van der Waals surface area contributed by atoms with Crippen LogP contribution in [0.25, 0.3) is 11.0 Å². The summed E-state index contributed by atoms with van der Waals surface area (Å²) >= 11 is 4.86. The van der Waals surface area contributed by atoms with Gasteiger partial charge in [-0.15, -0.1) is 0 Å². The summed E-state index contributed by atoms with van der Waals surface area (Å²) in [6, 6.07) is 5.94. The molecule has 2 aromatic rings.